The third-order valence-electron chi connectivity index (χ3n) is 5.89. The topological polar surface area (TPSA) is 93.9 Å². The molecule has 8 heteroatoms. The molecule has 0 saturated carbocycles. The summed E-state index contributed by atoms with van der Waals surface area (Å²) in [5, 5.41) is 3.49. The Hall–Kier alpha value is -1.99. The molecule has 0 aliphatic carbocycles. The van der Waals surface area contributed by atoms with Gasteiger partial charge in [-0.25, -0.2) is 0 Å². The minimum Gasteiger partial charge on any atom is -0.496 e. The minimum absolute atomic E-state index is 0.113. The number of nitrogens with two attached hydrogens (primary N) is 1. The van der Waals surface area contributed by atoms with E-state index in [0.717, 1.165) is 38.6 Å². The highest BCUT2D eigenvalue weighted by atomic mass is 35.5. The second-order valence-corrected chi connectivity index (χ2v) is 8.15. The average molecular weight is 424 g/mol. The molecule has 2 fully saturated rings. The number of nitrogens with zero attached hydrogens (tertiary/aromatic N) is 1. The van der Waals surface area contributed by atoms with Crippen molar-refractivity contribution in [3.05, 3.63) is 22.7 Å². The number of hydrogen-bond donors (Lipinski definition) is 2. The molecule has 2 aliphatic heterocycles. The number of carbonyl (C=O) groups excluding carboxylic acids is 2. The number of ether oxygens (including phenoxy) is 2. The van der Waals surface area contributed by atoms with Crippen molar-refractivity contribution >= 4 is 29.2 Å². The molecular weight excluding hydrogens is 394 g/mol. The first-order chi connectivity index (χ1) is 13.9. The van der Waals surface area contributed by atoms with E-state index >= 15 is 0 Å². The highest BCUT2D eigenvalue weighted by Crippen LogP contribution is 2.36. The Morgan fingerprint density at radius 3 is 2.59 bits per heavy atom. The van der Waals surface area contributed by atoms with Gasteiger partial charge in [-0.2, -0.15) is 0 Å². The summed E-state index contributed by atoms with van der Waals surface area (Å²) in [5.41, 5.74) is 6.59. The summed E-state index contributed by atoms with van der Waals surface area (Å²) in [6, 6.07) is 4.13. The van der Waals surface area contributed by atoms with Gasteiger partial charge >= 0.3 is 5.97 Å². The highest BCUT2D eigenvalue weighted by Gasteiger charge is 2.40. The number of fused-ring (bicyclic) bond motifs is 2. The number of anilines is 1. The number of nitrogens with one attached hydrogen (secondary N) is 1. The minimum atomic E-state index is -0.191. The van der Waals surface area contributed by atoms with Crippen LogP contribution in [0.1, 0.15) is 55.8 Å². The molecule has 0 radical (unpaired) electrons. The second-order valence-electron chi connectivity index (χ2n) is 7.75. The first-order valence-corrected chi connectivity index (χ1v) is 10.7. The van der Waals surface area contributed by atoms with Gasteiger partial charge in [0, 0.05) is 30.6 Å². The third kappa shape index (κ3) is 5.14. The largest absolute Gasteiger partial charge is 0.496 e. The fraction of sp³-hybridized carbons (Fsp3) is 0.619. The molecule has 0 aromatic heterocycles. The molecule has 7 nitrogen and oxygen atoms in total. The summed E-state index contributed by atoms with van der Waals surface area (Å²) in [5.74, 6) is 0.103. The summed E-state index contributed by atoms with van der Waals surface area (Å²) in [6.45, 7) is 3.15. The first-order valence-electron chi connectivity index (χ1n) is 10.3. The second kappa shape index (κ2) is 9.67. The van der Waals surface area contributed by atoms with Crippen LogP contribution in [0.4, 0.5) is 5.69 Å². The smallest absolute Gasteiger partial charge is 0.305 e. The predicted octanol–water partition coefficient (Wildman–Crippen LogP) is 3.00. The Balaban J connectivity index is 1.56. The number of methoxy groups -OCH3 is 1. The van der Waals surface area contributed by atoms with Crippen molar-refractivity contribution in [2.45, 2.75) is 63.6 Å². The molecule has 0 spiro atoms. The van der Waals surface area contributed by atoms with Crippen molar-refractivity contribution in [2.24, 2.45) is 0 Å². The van der Waals surface area contributed by atoms with E-state index in [1.54, 1.807) is 12.1 Å². The van der Waals surface area contributed by atoms with Gasteiger partial charge in [0.15, 0.2) is 0 Å². The molecule has 2 saturated heterocycles. The molecule has 1 amide bonds. The Kier molecular flexibility index (Phi) is 7.24. The van der Waals surface area contributed by atoms with E-state index in [9.17, 15) is 9.59 Å². The zero-order valence-electron chi connectivity index (χ0n) is 17.1. The maximum Gasteiger partial charge on any atom is 0.305 e. The number of rotatable bonds is 8. The van der Waals surface area contributed by atoms with E-state index in [-0.39, 0.29) is 17.9 Å². The summed E-state index contributed by atoms with van der Waals surface area (Å²) >= 11 is 6.10. The average Bonchev–Trinajstić information content (AvgIpc) is 2.92. The van der Waals surface area contributed by atoms with Crippen LogP contribution in [0, 0.1) is 0 Å². The zero-order chi connectivity index (χ0) is 21.0. The lowest BCUT2D eigenvalue weighted by molar-refractivity contribution is -0.143. The Morgan fingerprint density at radius 2 is 1.97 bits per heavy atom. The highest BCUT2D eigenvalue weighted by molar-refractivity contribution is 6.33. The molecule has 2 atom stereocenters. The monoisotopic (exact) mass is 423 g/mol. The Bertz CT molecular complexity index is 744. The van der Waals surface area contributed by atoms with Crippen LogP contribution in [-0.2, 0) is 9.53 Å². The number of esters is 1. The molecule has 2 bridgehead atoms. The lowest BCUT2D eigenvalue weighted by Gasteiger charge is -2.39. The van der Waals surface area contributed by atoms with Gasteiger partial charge in [0.1, 0.15) is 5.75 Å². The van der Waals surface area contributed by atoms with Gasteiger partial charge in [0.05, 0.1) is 30.0 Å². The molecule has 160 valence electrons. The molecule has 2 heterocycles. The number of hydrogen-bond acceptors (Lipinski definition) is 6. The van der Waals surface area contributed by atoms with E-state index in [0.29, 0.717) is 47.1 Å². The van der Waals surface area contributed by atoms with Crippen molar-refractivity contribution in [3.63, 3.8) is 0 Å². The number of nitrogen functional groups attached to an aromatic ring is 1. The molecule has 2 aliphatic rings. The van der Waals surface area contributed by atoms with Crippen molar-refractivity contribution in [2.75, 3.05) is 26.0 Å². The van der Waals surface area contributed by atoms with E-state index in [1.807, 2.05) is 6.92 Å². The third-order valence-corrected chi connectivity index (χ3v) is 6.21. The SMILES string of the molecule is CCOC(=O)CCCN1C2CCC1CC(NC(=O)c1cc(Cl)c(N)cc1OC)C2. The molecule has 29 heavy (non-hydrogen) atoms. The number of halogens is 1. The zero-order valence-corrected chi connectivity index (χ0v) is 17.8. The number of amides is 1. The van der Waals surface area contributed by atoms with Crippen LogP contribution in [0.3, 0.4) is 0 Å². The van der Waals surface area contributed by atoms with Crippen molar-refractivity contribution in [1.82, 2.24) is 10.2 Å². The van der Waals surface area contributed by atoms with Gasteiger partial charge in [-0.15, -0.1) is 0 Å². The quantitative estimate of drug-likeness (QED) is 0.493. The van der Waals surface area contributed by atoms with Gasteiger partial charge in [-0.05, 0) is 51.6 Å². The molecule has 3 rings (SSSR count). The summed E-state index contributed by atoms with van der Waals surface area (Å²) in [4.78, 5) is 26.9. The summed E-state index contributed by atoms with van der Waals surface area (Å²) in [6.07, 6.45) is 5.35. The van der Waals surface area contributed by atoms with Crippen LogP contribution in [0.2, 0.25) is 5.02 Å². The van der Waals surface area contributed by atoms with Crippen molar-refractivity contribution in [3.8, 4) is 5.75 Å². The van der Waals surface area contributed by atoms with E-state index in [1.165, 1.54) is 7.11 Å². The van der Waals surface area contributed by atoms with E-state index in [4.69, 9.17) is 26.8 Å². The van der Waals surface area contributed by atoms with E-state index in [2.05, 4.69) is 10.2 Å². The normalized spacial score (nSPS) is 23.6. The lowest BCUT2D eigenvalue weighted by Crippen LogP contribution is -2.50. The number of carbonyl (C=O) groups is 2. The van der Waals surface area contributed by atoms with Crippen LogP contribution in [0.25, 0.3) is 0 Å². The molecule has 1 aromatic carbocycles. The van der Waals surface area contributed by atoms with Crippen LogP contribution >= 0.6 is 11.6 Å². The van der Waals surface area contributed by atoms with E-state index < -0.39 is 0 Å². The number of benzene rings is 1. The molecule has 1 aromatic rings. The maximum absolute atomic E-state index is 12.8. The first kappa shape index (κ1) is 21.7. The Labute approximate surface area is 176 Å². The van der Waals surface area contributed by atoms with Crippen LogP contribution < -0.4 is 15.8 Å². The molecular formula is C21H30ClN3O4. The predicted molar refractivity (Wildman–Crippen MR) is 112 cm³/mol. The summed E-state index contributed by atoms with van der Waals surface area (Å²) in [7, 11) is 1.51. The van der Waals surface area contributed by atoms with Gasteiger partial charge in [0.25, 0.3) is 5.91 Å². The van der Waals surface area contributed by atoms with Gasteiger partial charge in [-0.3, -0.25) is 14.5 Å². The van der Waals surface area contributed by atoms with Gasteiger partial charge < -0.3 is 20.5 Å². The molecule has 2 unspecified atom stereocenters. The number of piperidine rings is 1. The van der Waals surface area contributed by atoms with Crippen LogP contribution in [0.15, 0.2) is 12.1 Å². The van der Waals surface area contributed by atoms with Crippen molar-refractivity contribution < 1.29 is 19.1 Å². The fourth-order valence-electron chi connectivity index (χ4n) is 4.57. The van der Waals surface area contributed by atoms with Gasteiger partial charge in [-0.1, -0.05) is 11.6 Å². The molecule has 3 N–H and O–H groups in total. The maximum atomic E-state index is 12.8. The van der Waals surface area contributed by atoms with Crippen molar-refractivity contribution in [1.29, 1.82) is 0 Å². The van der Waals surface area contributed by atoms with Crippen LogP contribution in [-0.4, -0.2) is 55.2 Å². The van der Waals surface area contributed by atoms with Gasteiger partial charge in [0.2, 0.25) is 0 Å². The lowest BCUT2D eigenvalue weighted by atomic mass is 9.96. The fourth-order valence-corrected chi connectivity index (χ4v) is 4.74. The standard InChI is InChI=1S/C21H30ClN3O4/c1-3-29-20(26)5-4-8-25-14-6-7-15(25)10-13(9-14)24-21(27)16-11-17(22)18(23)12-19(16)28-2/h11-15H,3-10,23H2,1-2H3,(H,24,27). The van der Waals surface area contributed by atoms with Crippen LogP contribution in [0.5, 0.6) is 5.75 Å². The summed E-state index contributed by atoms with van der Waals surface area (Å²) < 4.78 is 10.3. The Morgan fingerprint density at radius 1 is 1.28 bits per heavy atom.